The molecule has 0 bridgehead atoms. The topological polar surface area (TPSA) is 73.3 Å². The number of carbonyl (C=O) groups excluding carboxylic acids is 1. The second-order valence-electron chi connectivity index (χ2n) is 8.81. The largest absolute Gasteiger partial charge is 0.488 e. The summed E-state index contributed by atoms with van der Waals surface area (Å²) in [4.78, 5) is 20.7. The van der Waals surface area contributed by atoms with Crippen LogP contribution in [0.25, 0.3) is 11.3 Å². The number of pyridine rings is 2. The van der Waals surface area contributed by atoms with Gasteiger partial charge in [0.2, 0.25) is 0 Å². The van der Waals surface area contributed by atoms with Gasteiger partial charge in [0.15, 0.2) is 5.75 Å². The highest BCUT2D eigenvalue weighted by molar-refractivity contribution is 6.32. The zero-order valence-corrected chi connectivity index (χ0v) is 18.7. The summed E-state index contributed by atoms with van der Waals surface area (Å²) in [6, 6.07) is 5.49. The third-order valence-electron chi connectivity index (χ3n) is 4.00. The number of rotatable bonds is 7. The fourth-order valence-electron chi connectivity index (χ4n) is 3.04. The Balaban J connectivity index is 2.11. The highest BCUT2D eigenvalue weighted by atomic mass is 35.5. The summed E-state index contributed by atoms with van der Waals surface area (Å²) in [7, 11) is 0. The van der Waals surface area contributed by atoms with Crippen molar-refractivity contribution in [3.63, 3.8) is 0 Å². The van der Waals surface area contributed by atoms with Crippen molar-refractivity contribution in [2.45, 2.75) is 59.1 Å². The molecule has 29 heavy (non-hydrogen) atoms. The maximum Gasteiger partial charge on any atom is 0.408 e. The minimum absolute atomic E-state index is 0.237. The monoisotopic (exact) mass is 419 g/mol. The SMILES string of the molecule is CC(C)CC(C)(COc1cnc(-c2ccncc2)cc1Cl)NC(=O)OC(C)(C)C. The summed E-state index contributed by atoms with van der Waals surface area (Å²) < 4.78 is 11.4. The molecule has 1 amide bonds. The Morgan fingerprint density at radius 3 is 2.41 bits per heavy atom. The van der Waals surface area contributed by atoms with Gasteiger partial charge in [0.1, 0.15) is 12.2 Å². The van der Waals surface area contributed by atoms with Gasteiger partial charge in [-0.25, -0.2) is 4.79 Å². The molecule has 0 aliphatic carbocycles. The Morgan fingerprint density at radius 1 is 1.21 bits per heavy atom. The normalized spacial score (nSPS) is 13.7. The number of alkyl carbamates (subject to hydrolysis) is 1. The Hall–Kier alpha value is -2.34. The Morgan fingerprint density at radius 2 is 1.86 bits per heavy atom. The van der Waals surface area contributed by atoms with Gasteiger partial charge in [0.25, 0.3) is 0 Å². The third kappa shape index (κ3) is 7.54. The average molecular weight is 420 g/mol. The number of nitrogens with zero attached hydrogens (tertiary/aromatic N) is 2. The molecule has 2 heterocycles. The first-order chi connectivity index (χ1) is 13.5. The molecule has 0 aromatic carbocycles. The molecule has 1 atom stereocenters. The number of hydrogen-bond donors (Lipinski definition) is 1. The standard InChI is InChI=1S/C22H30ClN3O3/c1-15(2)12-22(6,26-20(27)29-21(3,4)5)14-28-19-13-25-18(11-17(19)23)16-7-9-24-10-8-16/h7-11,13,15H,12,14H2,1-6H3,(H,26,27). The first-order valence-corrected chi connectivity index (χ1v) is 10.1. The molecule has 0 aliphatic heterocycles. The zero-order chi connectivity index (χ0) is 21.7. The van der Waals surface area contributed by atoms with Crippen LogP contribution < -0.4 is 10.1 Å². The van der Waals surface area contributed by atoms with Crippen molar-refractivity contribution < 1.29 is 14.3 Å². The fraction of sp³-hybridized carbons (Fsp3) is 0.500. The van der Waals surface area contributed by atoms with Crippen molar-refractivity contribution in [3.8, 4) is 17.0 Å². The Bertz CT molecular complexity index is 822. The van der Waals surface area contributed by atoms with Crippen molar-refractivity contribution >= 4 is 17.7 Å². The van der Waals surface area contributed by atoms with Crippen molar-refractivity contribution in [1.29, 1.82) is 0 Å². The molecule has 0 spiro atoms. The van der Waals surface area contributed by atoms with Crippen LogP contribution >= 0.6 is 11.6 Å². The van der Waals surface area contributed by atoms with Crippen LogP contribution in [0.5, 0.6) is 5.75 Å². The maximum atomic E-state index is 12.3. The number of amides is 1. The summed E-state index contributed by atoms with van der Waals surface area (Å²) >= 11 is 6.41. The lowest BCUT2D eigenvalue weighted by atomic mass is 9.91. The maximum absolute atomic E-state index is 12.3. The molecule has 0 aliphatic rings. The lowest BCUT2D eigenvalue weighted by Crippen LogP contribution is -2.52. The van der Waals surface area contributed by atoms with E-state index in [1.807, 2.05) is 39.8 Å². The highest BCUT2D eigenvalue weighted by Gasteiger charge is 2.31. The van der Waals surface area contributed by atoms with Gasteiger partial charge in [-0.1, -0.05) is 25.4 Å². The molecule has 1 unspecified atom stereocenters. The van der Waals surface area contributed by atoms with E-state index in [-0.39, 0.29) is 6.61 Å². The van der Waals surface area contributed by atoms with Crippen LogP contribution in [0, 0.1) is 5.92 Å². The molecular formula is C22H30ClN3O3. The summed E-state index contributed by atoms with van der Waals surface area (Å²) in [6.07, 6.45) is 5.25. The molecule has 2 aromatic heterocycles. The molecule has 2 rings (SSSR count). The predicted molar refractivity (Wildman–Crippen MR) is 115 cm³/mol. The van der Waals surface area contributed by atoms with Gasteiger partial charge in [-0.3, -0.25) is 9.97 Å². The number of carbonyl (C=O) groups is 1. The van der Waals surface area contributed by atoms with Crippen LogP contribution in [0.1, 0.15) is 48.0 Å². The number of ether oxygens (including phenoxy) is 2. The quantitative estimate of drug-likeness (QED) is 0.640. The summed E-state index contributed by atoms with van der Waals surface area (Å²) in [6.45, 7) is 11.8. The molecule has 158 valence electrons. The van der Waals surface area contributed by atoms with E-state index in [9.17, 15) is 4.79 Å². The van der Waals surface area contributed by atoms with E-state index < -0.39 is 17.2 Å². The van der Waals surface area contributed by atoms with Crippen LogP contribution in [0.15, 0.2) is 36.8 Å². The minimum atomic E-state index is -0.621. The van der Waals surface area contributed by atoms with E-state index in [0.29, 0.717) is 23.1 Å². The summed E-state index contributed by atoms with van der Waals surface area (Å²) in [5.41, 5.74) is 0.467. The minimum Gasteiger partial charge on any atom is -0.488 e. The molecule has 0 radical (unpaired) electrons. The van der Waals surface area contributed by atoms with Gasteiger partial charge in [-0.2, -0.15) is 0 Å². The Kier molecular flexibility index (Phi) is 7.47. The smallest absolute Gasteiger partial charge is 0.408 e. The predicted octanol–water partition coefficient (Wildman–Crippen LogP) is 5.51. The number of nitrogens with one attached hydrogen (secondary N) is 1. The van der Waals surface area contributed by atoms with Gasteiger partial charge in [-0.15, -0.1) is 0 Å². The third-order valence-corrected chi connectivity index (χ3v) is 4.30. The summed E-state index contributed by atoms with van der Waals surface area (Å²) in [5, 5.41) is 3.41. The van der Waals surface area contributed by atoms with Gasteiger partial charge in [-0.05, 0) is 58.2 Å². The summed E-state index contributed by atoms with van der Waals surface area (Å²) in [5.74, 6) is 0.812. The van der Waals surface area contributed by atoms with E-state index in [1.54, 1.807) is 24.7 Å². The van der Waals surface area contributed by atoms with Gasteiger partial charge < -0.3 is 14.8 Å². The molecular weight excluding hydrogens is 390 g/mol. The first kappa shape index (κ1) is 22.9. The molecule has 7 heteroatoms. The van der Waals surface area contributed by atoms with E-state index in [2.05, 4.69) is 29.1 Å². The van der Waals surface area contributed by atoms with Crippen LogP contribution in [-0.2, 0) is 4.74 Å². The van der Waals surface area contributed by atoms with Crippen molar-refractivity contribution in [1.82, 2.24) is 15.3 Å². The van der Waals surface area contributed by atoms with E-state index >= 15 is 0 Å². The van der Waals surface area contributed by atoms with Gasteiger partial charge in [0, 0.05) is 18.0 Å². The second-order valence-corrected chi connectivity index (χ2v) is 9.22. The van der Waals surface area contributed by atoms with Crippen LogP contribution in [-0.4, -0.2) is 33.8 Å². The van der Waals surface area contributed by atoms with E-state index in [1.165, 1.54) is 0 Å². The Labute approximate surface area is 178 Å². The van der Waals surface area contributed by atoms with E-state index in [0.717, 1.165) is 11.3 Å². The molecule has 2 aromatic rings. The van der Waals surface area contributed by atoms with Crippen LogP contribution in [0.4, 0.5) is 4.79 Å². The fourth-order valence-corrected chi connectivity index (χ4v) is 3.25. The molecule has 0 saturated heterocycles. The molecule has 1 N–H and O–H groups in total. The van der Waals surface area contributed by atoms with Crippen molar-refractivity contribution in [2.75, 3.05) is 6.61 Å². The second kappa shape index (κ2) is 9.44. The zero-order valence-electron chi connectivity index (χ0n) is 18.0. The number of hydrogen-bond acceptors (Lipinski definition) is 5. The van der Waals surface area contributed by atoms with Crippen LogP contribution in [0.2, 0.25) is 5.02 Å². The molecule has 0 saturated carbocycles. The lowest BCUT2D eigenvalue weighted by Gasteiger charge is -2.33. The van der Waals surface area contributed by atoms with Gasteiger partial charge in [0.05, 0.1) is 22.5 Å². The highest BCUT2D eigenvalue weighted by Crippen LogP contribution is 2.29. The van der Waals surface area contributed by atoms with Gasteiger partial charge >= 0.3 is 6.09 Å². The van der Waals surface area contributed by atoms with E-state index in [4.69, 9.17) is 21.1 Å². The van der Waals surface area contributed by atoms with Crippen molar-refractivity contribution in [3.05, 3.63) is 41.8 Å². The number of aromatic nitrogens is 2. The first-order valence-electron chi connectivity index (χ1n) is 9.67. The molecule has 6 nitrogen and oxygen atoms in total. The molecule has 0 fully saturated rings. The average Bonchev–Trinajstić information content (AvgIpc) is 2.59. The van der Waals surface area contributed by atoms with Crippen molar-refractivity contribution in [2.24, 2.45) is 5.92 Å². The number of halogens is 1. The lowest BCUT2D eigenvalue weighted by molar-refractivity contribution is 0.0408. The van der Waals surface area contributed by atoms with Crippen LogP contribution in [0.3, 0.4) is 0 Å².